The zero-order valence-corrected chi connectivity index (χ0v) is 20.4. The Morgan fingerprint density at radius 2 is 1.92 bits per heavy atom. The van der Waals surface area contributed by atoms with Crippen molar-refractivity contribution in [1.29, 1.82) is 0 Å². The highest BCUT2D eigenvalue weighted by Crippen LogP contribution is 2.32. The maximum Gasteiger partial charge on any atom is 0.252 e. The van der Waals surface area contributed by atoms with E-state index in [0.717, 1.165) is 29.1 Å². The van der Waals surface area contributed by atoms with Crippen LogP contribution in [0, 0.1) is 24.4 Å². The lowest BCUT2D eigenvalue weighted by Gasteiger charge is -2.42. The Balaban J connectivity index is 1.61. The minimum absolute atomic E-state index is 0.0377. The predicted octanol–water partition coefficient (Wildman–Crippen LogP) is 3.89. The fourth-order valence-corrected chi connectivity index (χ4v) is 4.61. The topological polar surface area (TPSA) is 76.8 Å². The largest absolute Gasteiger partial charge is 0.495 e. The van der Waals surface area contributed by atoms with Crippen molar-refractivity contribution in [3.8, 4) is 11.4 Å². The monoisotopic (exact) mass is 503 g/mol. The number of aliphatic hydroxyl groups excluding tert-OH is 1. The fraction of sp³-hybridized carbons (Fsp3) is 0.385. The molecule has 2 heterocycles. The number of aromatic nitrogens is 2. The van der Waals surface area contributed by atoms with Gasteiger partial charge in [-0.2, -0.15) is 0 Å². The molecule has 0 bridgehead atoms. The fourth-order valence-electron chi connectivity index (χ4n) is 4.61. The van der Waals surface area contributed by atoms with Gasteiger partial charge in [0.05, 0.1) is 43.1 Å². The summed E-state index contributed by atoms with van der Waals surface area (Å²) < 4.78 is 54.7. The first-order valence-corrected chi connectivity index (χ1v) is 11.5. The molecule has 2 aromatic carbocycles. The third-order valence-corrected chi connectivity index (χ3v) is 6.20. The highest BCUT2D eigenvalue weighted by Gasteiger charge is 2.40. The first-order valence-electron chi connectivity index (χ1n) is 11.5. The highest BCUT2D eigenvalue weighted by atomic mass is 19.2. The molecule has 1 unspecified atom stereocenters. The summed E-state index contributed by atoms with van der Waals surface area (Å²) in [7, 11) is 1.55. The molecule has 3 aromatic rings. The Bertz CT molecular complexity index is 1240. The second kappa shape index (κ2) is 10.3. The Morgan fingerprint density at radius 3 is 2.50 bits per heavy atom. The van der Waals surface area contributed by atoms with Crippen molar-refractivity contribution in [3.05, 3.63) is 77.1 Å². The molecule has 0 saturated carbocycles. The second-order valence-electron chi connectivity index (χ2n) is 9.04. The summed E-state index contributed by atoms with van der Waals surface area (Å²) in [4.78, 5) is 19.0. The zero-order chi connectivity index (χ0) is 26.1. The number of aliphatic hydroxyl groups is 1. The van der Waals surface area contributed by atoms with E-state index in [1.807, 2.05) is 35.9 Å². The first kappa shape index (κ1) is 25.7. The van der Waals surface area contributed by atoms with Gasteiger partial charge in [0.25, 0.3) is 5.91 Å². The number of carbonyl (C=O) groups is 1. The van der Waals surface area contributed by atoms with Gasteiger partial charge in [-0.3, -0.25) is 4.79 Å². The number of ether oxygens (including phenoxy) is 2. The smallest absolute Gasteiger partial charge is 0.252 e. The number of halogens is 3. The van der Waals surface area contributed by atoms with Crippen LogP contribution in [0.2, 0.25) is 0 Å². The van der Waals surface area contributed by atoms with Gasteiger partial charge in [0, 0.05) is 19.2 Å². The summed E-state index contributed by atoms with van der Waals surface area (Å²) >= 11 is 0. The van der Waals surface area contributed by atoms with Crippen LogP contribution in [0.1, 0.15) is 36.7 Å². The Labute approximate surface area is 207 Å². The van der Waals surface area contributed by atoms with Gasteiger partial charge < -0.3 is 24.0 Å². The zero-order valence-electron chi connectivity index (χ0n) is 20.4. The number of amides is 1. The third kappa shape index (κ3) is 5.10. The lowest BCUT2D eigenvalue weighted by atomic mass is 9.96. The van der Waals surface area contributed by atoms with Crippen molar-refractivity contribution >= 4 is 5.91 Å². The molecule has 0 aliphatic carbocycles. The number of imidazole rings is 1. The van der Waals surface area contributed by atoms with E-state index in [-0.39, 0.29) is 18.5 Å². The average Bonchev–Trinajstić information content (AvgIpc) is 3.26. The number of aryl methyl sites for hydroxylation is 1. The van der Waals surface area contributed by atoms with E-state index in [0.29, 0.717) is 5.75 Å². The number of carbonyl (C=O) groups excluding carboxylic acids is 1. The molecule has 1 aromatic heterocycles. The van der Waals surface area contributed by atoms with Gasteiger partial charge in [-0.25, -0.2) is 18.2 Å². The lowest BCUT2D eigenvalue weighted by molar-refractivity contribution is -0.167. The van der Waals surface area contributed by atoms with E-state index >= 15 is 0 Å². The number of hydrogen-bond acceptors (Lipinski definition) is 5. The number of benzene rings is 2. The van der Waals surface area contributed by atoms with Crippen LogP contribution < -0.4 is 4.74 Å². The average molecular weight is 504 g/mol. The quantitative estimate of drug-likeness (QED) is 0.495. The minimum atomic E-state index is -1.61. The Kier molecular flexibility index (Phi) is 7.37. The molecule has 4 rings (SSSR count). The van der Waals surface area contributed by atoms with E-state index in [1.165, 1.54) is 11.8 Å². The molecule has 1 amide bonds. The second-order valence-corrected chi connectivity index (χ2v) is 9.04. The van der Waals surface area contributed by atoms with E-state index in [4.69, 9.17) is 9.47 Å². The molecule has 10 heteroatoms. The van der Waals surface area contributed by atoms with Gasteiger partial charge in [0.15, 0.2) is 17.5 Å². The Hall–Kier alpha value is -3.37. The van der Waals surface area contributed by atoms with E-state index < -0.39 is 47.7 Å². The maximum absolute atomic E-state index is 14.0. The summed E-state index contributed by atoms with van der Waals surface area (Å²) in [6.45, 7) is 5.15. The number of methoxy groups -OCH3 is 1. The van der Waals surface area contributed by atoms with Gasteiger partial charge in [0.2, 0.25) is 0 Å². The molecule has 192 valence electrons. The minimum Gasteiger partial charge on any atom is -0.495 e. The highest BCUT2D eigenvalue weighted by molar-refractivity contribution is 5.82. The summed E-state index contributed by atoms with van der Waals surface area (Å²) in [6, 6.07) is 6.04. The van der Waals surface area contributed by atoms with Gasteiger partial charge >= 0.3 is 0 Å². The lowest BCUT2D eigenvalue weighted by Crippen LogP contribution is -2.54. The van der Waals surface area contributed by atoms with Crippen LogP contribution in [0.5, 0.6) is 5.75 Å². The molecule has 4 atom stereocenters. The SMILES string of the molecule is COc1cc(CC2O[C@H](C)CN([C@H](c3cc(F)c(F)c(F)c3)[C@@H](C)O)C2=O)ccc1-n1cnc(C)c1. The Morgan fingerprint density at radius 1 is 1.22 bits per heavy atom. The van der Waals surface area contributed by atoms with Crippen LogP contribution in [0.15, 0.2) is 42.9 Å². The predicted molar refractivity (Wildman–Crippen MR) is 125 cm³/mol. The van der Waals surface area contributed by atoms with Gasteiger partial charge in [-0.1, -0.05) is 6.07 Å². The van der Waals surface area contributed by atoms with Crippen molar-refractivity contribution in [2.24, 2.45) is 0 Å². The van der Waals surface area contributed by atoms with Crippen molar-refractivity contribution in [1.82, 2.24) is 14.5 Å². The van der Waals surface area contributed by atoms with Crippen LogP contribution in [0.25, 0.3) is 5.69 Å². The standard InChI is InChI=1S/C26H28F3N3O4/c1-14-11-31(13-30-14)21-6-5-17(7-22(21)35-4)8-23-26(34)32(12-15(2)36-23)25(16(3)33)18-9-19(27)24(29)20(28)10-18/h5-7,9-11,13,15-16,23,25,33H,8,12H2,1-4H3/t15-,16-,23?,25+/m1/s1. The van der Waals surface area contributed by atoms with Crippen molar-refractivity contribution in [2.75, 3.05) is 13.7 Å². The number of nitrogens with zero attached hydrogens (tertiary/aromatic N) is 3. The number of hydrogen-bond donors (Lipinski definition) is 1. The molecular formula is C26H28F3N3O4. The molecule has 1 N–H and O–H groups in total. The van der Waals surface area contributed by atoms with Crippen LogP contribution in [0.3, 0.4) is 0 Å². The van der Waals surface area contributed by atoms with Crippen molar-refractivity contribution in [3.63, 3.8) is 0 Å². The molecule has 0 spiro atoms. The normalized spacial score (nSPS) is 19.9. The van der Waals surface area contributed by atoms with E-state index in [9.17, 15) is 23.1 Å². The van der Waals surface area contributed by atoms with E-state index in [2.05, 4.69) is 4.98 Å². The molecular weight excluding hydrogens is 475 g/mol. The number of morpholine rings is 1. The summed E-state index contributed by atoms with van der Waals surface area (Å²) in [5, 5.41) is 10.5. The molecule has 1 fully saturated rings. The van der Waals surface area contributed by atoms with Crippen LogP contribution in [0.4, 0.5) is 13.2 Å². The van der Waals surface area contributed by atoms with Crippen molar-refractivity contribution < 1.29 is 32.5 Å². The maximum atomic E-state index is 14.0. The van der Waals surface area contributed by atoms with Gasteiger partial charge in [-0.05, 0) is 56.2 Å². The molecule has 36 heavy (non-hydrogen) atoms. The summed E-state index contributed by atoms with van der Waals surface area (Å²) in [5.74, 6) is -4.25. The van der Waals surface area contributed by atoms with Crippen LogP contribution >= 0.6 is 0 Å². The number of rotatable bonds is 7. The van der Waals surface area contributed by atoms with E-state index in [1.54, 1.807) is 20.4 Å². The first-order chi connectivity index (χ1) is 17.1. The molecule has 7 nitrogen and oxygen atoms in total. The van der Waals surface area contributed by atoms with Crippen LogP contribution in [-0.2, 0) is 16.0 Å². The summed E-state index contributed by atoms with van der Waals surface area (Å²) in [6.07, 6.45) is 1.25. The van der Waals surface area contributed by atoms with Gasteiger partial charge in [-0.15, -0.1) is 0 Å². The molecule has 1 saturated heterocycles. The van der Waals surface area contributed by atoms with Crippen molar-refractivity contribution in [2.45, 2.75) is 51.5 Å². The molecule has 1 aliphatic heterocycles. The van der Waals surface area contributed by atoms with Crippen LogP contribution in [-0.4, -0.2) is 57.4 Å². The third-order valence-electron chi connectivity index (χ3n) is 6.20. The summed E-state index contributed by atoms with van der Waals surface area (Å²) in [5.41, 5.74) is 2.36. The molecule has 0 radical (unpaired) electrons. The molecule has 1 aliphatic rings. The van der Waals surface area contributed by atoms with Gasteiger partial charge in [0.1, 0.15) is 11.9 Å².